The van der Waals surface area contributed by atoms with Crippen LogP contribution in [-0.4, -0.2) is 64.4 Å². The van der Waals surface area contributed by atoms with Crippen molar-refractivity contribution in [3.05, 3.63) is 65.5 Å². The average molecular weight is 438 g/mol. The molecule has 1 fully saturated rings. The van der Waals surface area contributed by atoms with Gasteiger partial charge in [0.1, 0.15) is 11.5 Å². The van der Waals surface area contributed by atoms with Crippen molar-refractivity contribution < 1.29 is 19.4 Å². The van der Waals surface area contributed by atoms with Crippen molar-refractivity contribution in [2.75, 3.05) is 32.8 Å². The Morgan fingerprint density at radius 3 is 2.44 bits per heavy atom. The van der Waals surface area contributed by atoms with E-state index in [1.165, 1.54) is 0 Å². The smallest absolute Gasteiger partial charge is 0.295 e. The molecular weight excluding hydrogens is 406 g/mol. The Bertz CT molecular complexity index is 953. The number of ether oxygens (including phenoxy) is 1. The fraction of sp³-hybridized carbons (Fsp3) is 0.400. The van der Waals surface area contributed by atoms with Crippen molar-refractivity contribution >= 4 is 17.4 Å². The maximum atomic E-state index is 13.0. The summed E-state index contributed by atoms with van der Waals surface area (Å²) in [5, 5.41) is 11.1. The van der Waals surface area contributed by atoms with Crippen molar-refractivity contribution in [3.8, 4) is 5.75 Å². The summed E-state index contributed by atoms with van der Waals surface area (Å²) in [7, 11) is 0. The number of benzene rings is 1. The molecule has 0 saturated carbocycles. The van der Waals surface area contributed by atoms with E-state index in [9.17, 15) is 14.7 Å². The van der Waals surface area contributed by atoms with Gasteiger partial charge in [0.05, 0.1) is 18.2 Å². The highest BCUT2D eigenvalue weighted by Crippen LogP contribution is 2.39. The second kappa shape index (κ2) is 10.9. The molecule has 1 aliphatic rings. The Morgan fingerprint density at radius 1 is 1.12 bits per heavy atom. The Labute approximate surface area is 189 Å². The maximum absolute atomic E-state index is 13.0. The maximum Gasteiger partial charge on any atom is 0.295 e. The quantitative estimate of drug-likeness (QED) is 0.347. The predicted octanol–water partition coefficient (Wildman–Crippen LogP) is 3.63. The highest BCUT2D eigenvalue weighted by molar-refractivity contribution is 6.46. The zero-order chi connectivity index (χ0) is 23.1. The van der Waals surface area contributed by atoms with E-state index in [1.807, 2.05) is 13.0 Å². The van der Waals surface area contributed by atoms with Crippen molar-refractivity contribution in [3.63, 3.8) is 0 Å². The van der Waals surface area contributed by atoms with Crippen LogP contribution in [0, 0.1) is 0 Å². The van der Waals surface area contributed by atoms with Crippen LogP contribution in [0.25, 0.3) is 5.76 Å². The highest BCUT2D eigenvalue weighted by atomic mass is 16.5. The topological polar surface area (TPSA) is 83.0 Å². The zero-order valence-corrected chi connectivity index (χ0v) is 19.0. The SMILES string of the molecule is CCCOc1ccc(/C(O)=C2\C(=O)C(=O)N(CCN(CC)CC)[C@H]2c2cccnc2)cc1. The Hall–Kier alpha value is -3.19. The number of rotatable bonds is 10. The molecule has 32 heavy (non-hydrogen) atoms. The number of likely N-dealkylation sites (tertiary alicyclic amines) is 1. The Kier molecular flexibility index (Phi) is 8.00. The van der Waals surface area contributed by atoms with Gasteiger partial charge in [-0.2, -0.15) is 0 Å². The van der Waals surface area contributed by atoms with Crippen LogP contribution in [-0.2, 0) is 9.59 Å². The zero-order valence-electron chi connectivity index (χ0n) is 19.0. The summed E-state index contributed by atoms with van der Waals surface area (Å²) in [6.45, 7) is 9.47. The van der Waals surface area contributed by atoms with Gasteiger partial charge in [-0.05, 0) is 55.4 Å². The molecule has 1 aliphatic heterocycles. The van der Waals surface area contributed by atoms with Crippen molar-refractivity contribution in [1.82, 2.24) is 14.8 Å². The Morgan fingerprint density at radius 2 is 1.84 bits per heavy atom. The van der Waals surface area contributed by atoms with Crippen molar-refractivity contribution in [1.29, 1.82) is 0 Å². The Balaban J connectivity index is 2.00. The lowest BCUT2D eigenvalue weighted by molar-refractivity contribution is -0.140. The second-order valence-corrected chi connectivity index (χ2v) is 7.68. The standard InChI is InChI=1S/C25H31N3O4/c1-4-16-32-20-11-9-18(10-12-20)23(29)21-22(19-8-7-13-26-17-19)28(25(31)24(21)30)15-14-27(5-2)6-3/h7-13,17,22,29H,4-6,14-16H2,1-3H3/b23-21+/t22-/m0/s1. The third-order valence-electron chi connectivity index (χ3n) is 5.69. The predicted molar refractivity (Wildman–Crippen MR) is 123 cm³/mol. The molecule has 1 aromatic heterocycles. The van der Waals surface area contributed by atoms with E-state index < -0.39 is 17.7 Å². The summed E-state index contributed by atoms with van der Waals surface area (Å²) in [5.41, 5.74) is 1.24. The lowest BCUT2D eigenvalue weighted by Gasteiger charge is -2.28. The summed E-state index contributed by atoms with van der Waals surface area (Å²) < 4.78 is 5.60. The molecule has 7 nitrogen and oxygen atoms in total. The molecule has 170 valence electrons. The molecule has 0 unspecified atom stereocenters. The van der Waals surface area contributed by atoms with E-state index in [-0.39, 0.29) is 11.3 Å². The molecule has 1 N–H and O–H groups in total. The summed E-state index contributed by atoms with van der Waals surface area (Å²) in [6.07, 6.45) is 4.17. The fourth-order valence-electron chi connectivity index (χ4n) is 3.87. The van der Waals surface area contributed by atoms with Crippen LogP contribution in [0.5, 0.6) is 5.75 Å². The number of carbonyl (C=O) groups is 2. The number of nitrogens with zero attached hydrogens (tertiary/aromatic N) is 3. The van der Waals surface area contributed by atoms with Crippen molar-refractivity contribution in [2.24, 2.45) is 0 Å². The number of ketones is 1. The summed E-state index contributed by atoms with van der Waals surface area (Å²) >= 11 is 0. The number of aliphatic hydroxyl groups excluding tert-OH is 1. The molecule has 1 atom stereocenters. The van der Waals surface area contributed by atoms with Gasteiger partial charge in [-0.3, -0.25) is 14.6 Å². The van der Waals surface area contributed by atoms with Crippen LogP contribution in [0.2, 0.25) is 0 Å². The molecule has 1 saturated heterocycles. The minimum Gasteiger partial charge on any atom is -0.507 e. The molecule has 2 aromatic rings. The van der Waals surface area contributed by atoms with Gasteiger partial charge >= 0.3 is 0 Å². The third kappa shape index (κ3) is 4.99. The van der Waals surface area contributed by atoms with Crippen molar-refractivity contribution in [2.45, 2.75) is 33.2 Å². The van der Waals surface area contributed by atoms with Gasteiger partial charge in [0.15, 0.2) is 0 Å². The van der Waals surface area contributed by atoms with Gasteiger partial charge in [0.2, 0.25) is 0 Å². The van der Waals surface area contributed by atoms with Gasteiger partial charge < -0.3 is 19.6 Å². The molecular formula is C25H31N3O4. The largest absolute Gasteiger partial charge is 0.507 e. The van der Waals surface area contributed by atoms with E-state index in [0.717, 1.165) is 19.5 Å². The van der Waals surface area contributed by atoms with Gasteiger partial charge in [-0.1, -0.05) is 26.8 Å². The monoisotopic (exact) mass is 437 g/mol. The van der Waals surface area contributed by atoms with Gasteiger partial charge in [-0.25, -0.2) is 0 Å². The van der Waals surface area contributed by atoms with Gasteiger partial charge in [-0.15, -0.1) is 0 Å². The van der Waals surface area contributed by atoms with E-state index in [4.69, 9.17) is 4.74 Å². The number of hydrogen-bond acceptors (Lipinski definition) is 6. The number of carbonyl (C=O) groups excluding carboxylic acids is 2. The van der Waals surface area contributed by atoms with E-state index in [2.05, 4.69) is 23.7 Å². The molecule has 7 heteroatoms. The van der Waals surface area contributed by atoms with E-state index >= 15 is 0 Å². The fourth-order valence-corrected chi connectivity index (χ4v) is 3.87. The molecule has 0 radical (unpaired) electrons. The summed E-state index contributed by atoms with van der Waals surface area (Å²) in [5.74, 6) is -0.783. The van der Waals surface area contributed by atoms with Crippen LogP contribution in [0.4, 0.5) is 0 Å². The molecule has 1 amide bonds. The van der Waals surface area contributed by atoms with Gasteiger partial charge in [0, 0.05) is 31.0 Å². The van der Waals surface area contributed by atoms with Crippen LogP contribution >= 0.6 is 0 Å². The van der Waals surface area contributed by atoms with E-state index in [0.29, 0.717) is 36.6 Å². The third-order valence-corrected chi connectivity index (χ3v) is 5.69. The number of likely N-dealkylation sites (N-methyl/N-ethyl adjacent to an activating group) is 1. The first-order chi connectivity index (χ1) is 15.5. The first-order valence-corrected chi connectivity index (χ1v) is 11.2. The first-order valence-electron chi connectivity index (χ1n) is 11.2. The average Bonchev–Trinajstić information content (AvgIpc) is 3.08. The lowest BCUT2D eigenvalue weighted by atomic mass is 9.96. The molecule has 0 spiro atoms. The molecule has 0 aliphatic carbocycles. The number of hydrogen-bond donors (Lipinski definition) is 1. The molecule has 2 heterocycles. The molecule has 1 aromatic carbocycles. The van der Waals surface area contributed by atoms with Crippen LogP contribution < -0.4 is 4.74 Å². The number of amides is 1. The van der Waals surface area contributed by atoms with Gasteiger partial charge in [0.25, 0.3) is 11.7 Å². The lowest BCUT2D eigenvalue weighted by Crippen LogP contribution is -2.38. The molecule has 3 rings (SSSR count). The first kappa shape index (κ1) is 23.5. The van der Waals surface area contributed by atoms with Crippen LogP contribution in [0.3, 0.4) is 0 Å². The second-order valence-electron chi connectivity index (χ2n) is 7.68. The number of Topliss-reactive ketones (excluding diaryl/α,β-unsaturated/α-hetero) is 1. The highest BCUT2D eigenvalue weighted by Gasteiger charge is 2.46. The minimum absolute atomic E-state index is 0.0878. The molecule has 0 bridgehead atoms. The van der Waals surface area contributed by atoms with Crippen LogP contribution in [0.15, 0.2) is 54.4 Å². The van der Waals surface area contributed by atoms with E-state index in [1.54, 1.807) is 47.6 Å². The van der Waals surface area contributed by atoms with Crippen LogP contribution in [0.1, 0.15) is 44.4 Å². The normalized spacial score (nSPS) is 17.9. The number of aliphatic hydroxyl groups is 1. The minimum atomic E-state index is -0.685. The summed E-state index contributed by atoms with van der Waals surface area (Å²) in [6, 6.07) is 9.80. The summed E-state index contributed by atoms with van der Waals surface area (Å²) in [4.78, 5) is 33.9. The number of pyridine rings is 1. The number of aromatic nitrogens is 1.